The Bertz CT molecular complexity index is 236. The number of nitrogens with one attached hydrogen (secondary N) is 1. The first-order valence-electron chi connectivity index (χ1n) is 6.54. The van der Waals surface area contributed by atoms with Crippen LogP contribution in [-0.4, -0.2) is 75.4 Å². The van der Waals surface area contributed by atoms with Crippen molar-refractivity contribution in [2.24, 2.45) is 11.8 Å². The summed E-state index contributed by atoms with van der Waals surface area (Å²) in [5.41, 5.74) is 0. The highest BCUT2D eigenvalue weighted by Gasteiger charge is 2.36. The number of likely N-dealkylation sites (N-methyl/N-ethyl adjacent to an activating group) is 1. The maximum atomic E-state index is 5.83. The van der Waals surface area contributed by atoms with Gasteiger partial charge in [0.25, 0.3) is 0 Å². The van der Waals surface area contributed by atoms with Gasteiger partial charge in [-0.25, -0.2) is 0 Å². The topological polar surface area (TPSA) is 27.7 Å². The largest absolute Gasteiger partial charge is 0.374 e. The smallest absolute Gasteiger partial charge is 0.0829 e. The summed E-state index contributed by atoms with van der Waals surface area (Å²) < 4.78 is 5.83. The predicted molar refractivity (Wildman–Crippen MR) is 63.5 cm³/mol. The van der Waals surface area contributed by atoms with Crippen LogP contribution in [0.15, 0.2) is 0 Å². The first-order chi connectivity index (χ1) is 7.81. The molecule has 0 aromatic rings. The minimum atomic E-state index is 0.436. The summed E-state index contributed by atoms with van der Waals surface area (Å²) in [6.45, 7) is 9.25. The molecule has 3 saturated heterocycles. The zero-order valence-corrected chi connectivity index (χ0v) is 10.2. The quantitative estimate of drug-likeness (QED) is 0.684. The van der Waals surface area contributed by atoms with Crippen molar-refractivity contribution >= 4 is 0 Å². The minimum absolute atomic E-state index is 0.436. The highest BCUT2D eigenvalue weighted by Crippen LogP contribution is 2.26. The molecule has 4 nitrogen and oxygen atoms in total. The van der Waals surface area contributed by atoms with E-state index in [0.717, 1.165) is 38.1 Å². The lowest BCUT2D eigenvalue weighted by Crippen LogP contribution is -2.46. The number of rotatable bonds is 2. The molecule has 3 fully saturated rings. The van der Waals surface area contributed by atoms with Crippen LogP contribution in [0.3, 0.4) is 0 Å². The second-order valence-corrected chi connectivity index (χ2v) is 5.65. The second kappa shape index (κ2) is 4.61. The number of fused-ring (bicyclic) bond motifs is 1. The molecule has 3 aliphatic rings. The Morgan fingerprint density at radius 1 is 1.19 bits per heavy atom. The van der Waals surface area contributed by atoms with E-state index in [1.807, 2.05) is 0 Å². The first-order valence-corrected chi connectivity index (χ1v) is 6.54. The van der Waals surface area contributed by atoms with Crippen molar-refractivity contribution < 1.29 is 4.74 Å². The van der Waals surface area contributed by atoms with E-state index in [-0.39, 0.29) is 0 Å². The summed E-state index contributed by atoms with van der Waals surface area (Å²) in [5.74, 6) is 1.81. The Morgan fingerprint density at radius 3 is 2.62 bits per heavy atom. The van der Waals surface area contributed by atoms with E-state index in [1.165, 1.54) is 26.2 Å². The lowest BCUT2D eigenvalue weighted by atomic mass is 10.0. The van der Waals surface area contributed by atoms with E-state index in [0.29, 0.717) is 6.10 Å². The SMILES string of the molecule is CN1CCOC(CN2CC3CNCC3C2)C1. The number of likely N-dealkylation sites (tertiary alicyclic amines) is 1. The molecule has 92 valence electrons. The van der Waals surface area contributed by atoms with E-state index in [4.69, 9.17) is 4.74 Å². The Hall–Kier alpha value is -0.160. The van der Waals surface area contributed by atoms with Crippen molar-refractivity contribution in [3.63, 3.8) is 0 Å². The van der Waals surface area contributed by atoms with Gasteiger partial charge in [0.15, 0.2) is 0 Å². The number of hydrogen-bond donors (Lipinski definition) is 1. The van der Waals surface area contributed by atoms with Gasteiger partial charge < -0.3 is 19.9 Å². The van der Waals surface area contributed by atoms with Crippen molar-refractivity contribution in [3.8, 4) is 0 Å². The molecule has 3 heterocycles. The lowest BCUT2D eigenvalue weighted by Gasteiger charge is -2.32. The molecule has 4 heteroatoms. The normalized spacial score (nSPS) is 41.4. The van der Waals surface area contributed by atoms with Crippen LogP contribution in [-0.2, 0) is 4.74 Å². The summed E-state index contributed by atoms with van der Waals surface area (Å²) in [4.78, 5) is 4.99. The molecule has 3 atom stereocenters. The molecule has 16 heavy (non-hydrogen) atoms. The molecule has 3 aliphatic heterocycles. The molecule has 0 spiro atoms. The highest BCUT2D eigenvalue weighted by molar-refractivity contribution is 4.92. The Balaban J connectivity index is 1.48. The van der Waals surface area contributed by atoms with Crippen molar-refractivity contribution in [1.82, 2.24) is 15.1 Å². The maximum Gasteiger partial charge on any atom is 0.0829 e. The van der Waals surface area contributed by atoms with Crippen LogP contribution in [0.5, 0.6) is 0 Å². The average Bonchev–Trinajstić information content (AvgIpc) is 2.77. The first kappa shape index (κ1) is 11.0. The van der Waals surface area contributed by atoms with Gasteiger partial charge in [0.2, 0.25) is 0 Å². The number of ether oxygens (including phenoxy) is 1. The van der Waals surface area contributed by atoms with Gasteiger partial charge in [-0.15, -0.1) is 0 Å². The van der Waals surface area contributed by atoms with Crippen molar-refractivity contribution in [2.75, 3.05) is 59.5 Å². The van der Waals surface area contributed by atoms with E-state index in [1.54, 1.807) is 0 Å². The zero-order chi connectivity index (χ0) is 11.0. The molecular formula is C12H23N3O. The highest BCUT2D eigenvalue weighted by atomic mass is 16.5. The monoisotopic (exact) mass is 225 g/mol. The maximum absolute atomic E-state index is 5.83. The molecule has 3 rings (SSSR count). The van der Waals surface area contributed by atoms with Gasteiger partial charge in [0, 0.05) is 32.7 Å². The van der Waals surface area contributed by atoms with Crippen molar-refractivity contribution in [2.45, 2.75) is 6.10 Å². The third-order valence-electron chi connectivity index (χ3n) is 4.27. The predicted octanol–water partition coefficient (Wildman–Crippen LogP) is -0.532. The Morgan fingerprint density at radius 2 is 1.94 bits per heavy atom. The summed E-state index contributed by atoms with van der Waals surface area (Å²) in [6.07, 6.45) is 0.436. The Labute approximate surface area is 97.9 Å². The third kappa shape index (κ3) is 2.25. The summed E-state index contributed by atoms with van der Waals surface area (Å²) in [7, 11) is 2.19. The molecule has 0 amide bonds. The van der Waals surface area contributed by atoms with E-state index in [9.17, 15) is 0 Å². The molecule has 1 N–H and O–H groups in total. The molecule has 0 radical (unpaired) electrons. The number of hydrogen-bond acceptors (Lipinski definition) is 4. The van der Waals surface area contributed by atoms with Gasteiger partial charge in [0.1, 0.15) is 0 Å². The van der Waals surface area contributed by atoms with Crippen LogP contribution in [0.25, 0.3) is 0 Å². The summed E-state index contributed by atoms with van der Waals surface area (Å²) in [5, 5.41) is 3.49. The second-order valence-electron chi connectivity index (χ2n) is 5.65. The van der Waals surface area contributed by atoms with E-state index >= 15 is 0 Å². The minimum Gasteiger partial charge on any atom is -0.374 e. The summed E-state index contributed by atoms with van der Waals surface area (Å²) in [6, 6.07) is 0. The average molecular weight is 225 g/mol. The van der Waals surface area contributed by atoms with Crippen LogP contribution in [0, 0.1) is 11.8 Å². The molecule has 0 saturated carbocycles. The summed E-state index contributed by atoms with van der Waals surface area (Å²) >= 11 is 0. The zero-order valence-electron chi connectivity index (χ0n) is 10.2. The van der Waals surface area contributed by atoms with Crippen LogP contribution < -0.4 is 5.32 Å². The molecule has 3 unspecified atom stereocenters. The van der Waals surface area contributed by atoms with Gasteiger partial charge in [-0.1, -0.05) is 0 Å². The standard InChI is InChI=1S/C12H23N3O/c1-14-2-3-16-12(8-14)9-15-6-10-4-13-5-11(10)7-15/h10-13H,2-9H2,1H3. The number of nitrogens with zero attached hydrogens (tertiary/aromatic N) is 2. The van der Waals surface area contributed by atoms with Gasteiger partial charge >= 0.3 is 0 Å². The van der Waals surface area contributed by atoms with Gasteiger partial charge in [-0.3, -0.25) is 0 Å². The van der Waals surface area contributed by atoms with Crippen LogP contribution in [0.1, 0.15) is 0 Å². The van der Waals surface area contributed by atoms with Crippen molar-refractivity contribution in [3.05, 3.63) is 0 Å². The van der Waals surface area contributed by atoms with E-state index in [2.05, 4.69) is 22.2 Å². The number of morpholine rings is 1. The molecule has 0 aliphatic carbocycles. The molecule has 0 aromatic carbocycles. The molecular weight excluding hydrogens is 202 g/mol. The van der Waals surface area contributed by atoms with E-state index < -0.39 is 0 Å². The van der Waals surface area contributed by atoms with Gasteiger partial charge in [0.05, 0.1) is 12.7 Å². The fourth-order valence-electron chi connectivity index (χ4n) is 3.37. The van der Waals surface area contributed by atoms with Crippen molar-refractivity contribution in [1.29, 1.82) is 0 Å². The lowest BCUT2D eigenvalue weighted by molar-refractivity contribution is -0.0335. The third-order valence-corrected chi connectivity index (χ3v) is 4.27. The Kier molecular flexibility index (Phi) is 3.16. The van der Waals surface area contributed by atoms with Crippen LogP contribution >= 0.6 is 0 Å². The molecule has 0 aromatic heterocycles. The van der Waals surface area contributed by atoms with Crippen LogP contribution in [0.4, 0.5) is 0 Å². The van der Waals surface area contributed by atoms with Gasteiger partial charge in [-0.05, 0) is 32.0 Å². The van der Waals surface area contributed by atoms with Gasteiger partial charge in [-0.2, -0.15) is 0 Å². The fraction of sp³-hybridized carbons (Fsp3) is 1.00. The van der Waals surface area contributed by atoms with Crippen LogP contribution in [0.2, 0.25) is 0 Å². The fourth-order valence-corrected chi connectivity index (χ4v) is 3.37. The molecule has 0 bridgehead atoms.